The molecule has 0 unspecified atom stereocenters. The van der Waals surface area contributed by atoms with Crippen molar-refractivity contribution in [2.24, 2.45) is 0 Å². The number of halogens is 9. The lowest BCUT2D eigenvalue weighted by Gasteiger charge is -2.34. The van der Waals surface area contributed by atoms with Gasteiger partial charge in [-0.3, -0.25) is 0 Å². The molecule has 0 N–H and O–H groups in total. The molecule has 14 heteroatoms. The van der Waals surface area contributed by atoms with Gasteiger partial charge < -0.3 is 0 Å². The van der Waals surface area contributed by atoms with Crippen molar-refractivity contribution in [3.63, 3.8) is 0 Å². The molecule has 2 aromatic rings. The predicted molar refractivity (Wildman–Crippen MR) is 106 cm³/mol. The molecule has 0 saturated heterocycles. The van der Waals surface area contributed by atoms with Crippen molar-refractivity contribution in [2.45, 2.75) is 35.6 Å². The van der Waals surface area contributed by atoms with E-state index < -0.39 is 44.1 Å². The van der Waals surface area contributed by atoms with Crippen LogP contribution in [0.4, 0.5) is 39.5 Å². The second-order valence-corrected chi connectivity index (χ2v) is 9.38. The van der Waals surface area contributed by atoms with Crippen molar-refractivity contribution >= 4 is 22.7 Å². The summed E-state index contributed by atoms with van der Waals surface area (Å²) in [5.74, 6) is -14.1. The summed E-state index contributed by atoms with van der Waals surface area (Å²) in [6, 6.07) is 12.5. The van der Waals surface area contributed by atoms with Gasteiger partial charge in [0.05, 0.1) is 0 Å². The number of benzene rings is 2. The Bertz CT molecular complexity index is 1070. The molecule has 2 rings (SSSR count). The zero-order chi connectivity index (χ0) is 25.5. The molecule has 3 nitrogen and oxygen atoms in total. The minimum atomic E-state index is -7.30. The van der Waals surface area contributed by atoms with Crippen LogP contribution in [0.25, 0.3) is 11.1 Å². The van der Waals surface area contributed by atoms with Gasteiger partial charge in [0.15, 0.2) is 0 Å². The van der Waals surface area contributed by atoms with Gasteiger partial charge in [-0.15, -0.1) is 0 Å². The molecule has 0 spiro atoms. The van der Waals surface area contributed by atoms with Crippen LogP contribution in [-0.2, 0) is 22.3 Å². The van der Waals surface area contributed by atoms with E-state index >= 15 is 0 Å². The lowest BCUT2D eigenvalue weighted by Crippen LogP contribution is -2.64. The molecule has 0 aromatic heterocycles. The zero-order valence-corrected chi connectivity index (χ0v) is 18.3. The van der Waals surface area contributed by atoms with Crippen LogP contribution in [0.15, 0.2) is 48.5 Å². The molecule has 184 valence electrons. The molecule has 0 aliphatic carbocycles. The van der Waals surface area contributed by atoms with Gasteiger partial charge >= 0.3 is 23.3 Å². The minimum Gasteiger partial charge on any atom is -0.206 e. The summed E-state index contributed by atoms with van der Waals surface area (Å²) in [7, 11) is -6.29. The molecule has 0 fully saturated rings. The summed E-state index contributed by atoms with van der Waals surface area (Å²) in [4.78, 5) is 0. The number of rotatable bonds is 8. The van der Waals surface area contributed by atoms with Crippen LogP contribution in [-0.4, -0.2) is 43.0 Å². The van der Waals surface area contributed by atoms with Gasteiger partial charge in [0, 0.05) is 19.3 Å². The summed E-state index contributed by atoms with van der Waals surface area (Å²) in [5, 5.41) is -6.76. The third kappa shape index (κ3) is 4.83. The smallest absolute Gasteiger partial charge is 0.206 e. The van der Waals surface area contributed by atoms with Gasteiger partial charge in [0.25, 0.3) is 10.0 Å². The average Bonchev–Trinajstić information content (AvgIpc) is 2.73. The fraction of sp³-hybridized carbons (Fsp3) is 0.368. The van der Waals surface area contributed by atoms with Crippen LogP contribution in [0.1, 0.15) is 11.1 Å². The van der Waals surface area contributed by atoms with Gasteiger partial charge in [-0.05, 0) is 22.3 Å². The van der Waals surface area contributed by atoms with Gasteiger partial charge in [-0.2, -0.15) is 56.4 Å². The first kappa shape index (κ1) is 27.3. The van der Waals surface area contributed by atoms with Crippen molar-refractivity contribution in [2.75, 3.05) is 7.05 Å². The Kier molecular flexibility index (Phi) is 7.47. The molecule has 0 heterocycles. The fourth-order valence-corrected chi connectivity index (χ4v) is 4.04. The number of thiol groups is 1. The van der Waals surface area contributed by atoms with Crippen LogP contribution in [0.3, 0.4) is 0 Å². The fourth-order valence-electron chi connectivity index (χ4n) is 2.67. The van der Waals surface area contributed by atoms with Crippen LogP contribution in [0.2, 0.25) is 0 Å². The van der Waals surface area contributed by atoms with Crippen LogP contribution in [0.5, 0.6) is 0 Å². The maximum Gasteiger partial charge on any atom is 0.460 e. The van der Waals surface area contributed by atoms with E-state index in [4.69, 9.17) is 0 Å². The summed E-state index contributed by atoms with van der Waals surface area (Å²) < 4.78 is 141. The summed E-state index contributed by atoms with van der Waals surface area (Å²) >= 11 is 4.12. The van der Waals surface area contributed by atoms with Crippen LogP contribution < -0.4 is 0 Å². The number of sulfonamides is 1. The highest BCUT2D eigenvalue weighted by Crippen LogP contribution is 2.55. The standard InChI is InChI=1S/C19H16F9NO2S2/c1-29(33(30,31)19(27,28)17(22,23)16(20,21)18(24,25)26)10-12-2-6-14(7-3-12)15-8-4-13(11-32)5-9-15/h2-9,32H,10-11H2,1H3. The number of hydrogen-bond donors (Lipinski definition) is 1. The van der Waals surface area contributed by atoms with Crippen LogP contribution >= 0.6 is 12.6 Å². The van der Waals surface area contributed by atoms with Crippen molar-refractivity contribution in [1.29, 1.82) is 0 Å². The molecular formula is C19H16F9NO2S2. The molecule has 0 bridgehead atoms. The van der Waals surface area contributed by atoms with Crippen molar-refractivity contribution in [1.82, 2.24) is 4.31 Å². The first-order valence-corrected chi connectivity index (χ1v) is 10.9. The quantitative estimate of drug-likeness (QED) is 0.341. The third-order valence-electron chi connectivity index (χ3n) is 4.68. The predicted octanol–water partition coefficient (Wildman–Crippen LogP) is 5.97. The van der Waals surface area contributed by atoms with Crippen molar-refractivity contribution in [3.05, 3.63) is 59.7 Å². The highest BCUT2D eigenvalue weighted by atomic mass is 32.2. The Morgan fingerprint density at radius 2 is 1.12 bits per heavy atom. The van der Waals surface area contributed by atoms with Gasteiger partial charge in [0.1, 0.15) is 0 Å². The second kappa shape index (κ2) is 9.02. The third-order valence-corrected chi connectivity index (χ3v) is 6.90. The lowest BCUT2D eigenvalue weighted by molar-refractivity contribution is -0.382. The summed E-state index contributed by atoms with van der Waals surface area (Å²) in [5.41, 5.74) is 2.27. The lowest BCUT2D eigenvalue weighted by atomic mass is 10.0. The monoisotopic (exact) mass is 525 g/mol. The molecule has 0 amide bonds. The molecule has 2 aromatic carbocycles. The highest BCUT2D eigenvalue weighted by Gasteiger charge is 2.85. The van der Waals surface area contributed by atoms with E-state index in [0.29, 0.717) is 18.4 Å². The van der Waals surface area contributed by atoms with Crippen LogP contribution in [0, 0.1) is 0 Å². The SMILES string of the molecule is CN(Cc1ccc(-c2ccc(CS)cc2)cc1)S(=O)(=O)C(F)(F)C(F)(F)C(F)(F)C(F)(F)F. The second-order valence-electron chi connectivity index (χ2n) is 6.98. The molecular weight excluding hydrogens is 509 g/mol. The minimum absolute atomic E-state index is 0.0153. The van der Waals surface area contributed by atoms with Gasteiger partial charge in [0.2, 0.25) is 0 Å². The first-order chi connectivity index (χ1) is 14.9. The average molecular weight is 525 g/mol. The van der Waals surface area contributed by atoms with E-state index in [-0.39, 0.29) is 5.56 Å². The molecule has 0 saturated carbocycles. The zero-order valence-electron chi connectivity index (χ0n) is 16.6. The largest absolute Gasteiger partial charge is 0.460 e. The summed E-state index contributed by atoms with van der Waals surface area (Å²) in [6.07, 6.45) is -7.12. The molecule has 0 aliphatic heterocycles. The molecule has 0 aliphatic rings. The van der Waals surface area contributed by atoms with Gasteiger partial charge in [-0.25, -0.2) is 8.42 Å². The Morgan fingerprint density at radius 1 is 0.727 bits per heavy atom. The van der Waals surface area contributed by atoms with E-state index in [2.05, 4.69) is 12.6 Å². The first-order valence-electron chi connectivity index (χ1n) is 8.85. The van der Waals surface area contributed by atoms with Gasteiger partial charge in [-0.1, -0.05) is 48.5 Å². The van der Waals surface area contributed by atoms with E-state index in [1.54, 1.807) is 24.3 Å². The maximum atomic E-state index is 13.9. The molecule has 0 atom stereocenters. The van der Waals surface area contributed by atoms with Crippen molar-refractivity contribution < 1.29 is 47.9 Å². The number of alkyl halides is 9. The Balaban J connectivity index is 2.28. The maximum absolute atomic E-state index is 13.9. The molecule has 0 radical (unpaired) electrons. The number of nitrogens with zero attached hydrogens (tertiary/aromatic N) is 1. The Morgan fingerprint density at radius 3 is 1.48 bits per heavy atom. The van der Waals surface area contributed by atoms with Crippen molar-refractivity contribution in [3.8, 4) is 11.1 Å². The van der Waals surface area contributed by atoms with E-state index in [9.17, 15) is 47.9 Å². The molecule has 33 heavy (non-hydrogen) atoms. The summed E-state index contributed by atoms with van der Waals surface area (Å²) in [6.45, 7) is -0.996. The topological polar surface area (TPSA) is 37.4 Å². The van der Waals surface area contributed by atoms with E-state index in [0.717, 1.165) is 11.1 Å². The Labute approximate surface area is 188 Å². The van der Waals surface area contributed by atoms with E-state index in [1.807, 2.05) is 0 Å². The Hall–Kier alpha value is -1.93. The highest BCUT2D eigenvalue weighted by molar-refractivity contribution is 7.90. The normalized spacial score (nSPS) is 14.1. The van der Waals surface area contributed by atoms with E-state index in [1.165, 1.54) is 24.3 Å². The number of hydrogen-bond acceptors (Lipinski definition) is 3.